The van der Waals surface area contributed by atoms with Gasteiger partial charge in [-0.2, -0.15) is 0 Å². The lowest BCUT2D eigenvalue weighted by Gasteiger charge is -2.46. The Kier molecular flexibility index (Phi) is 12.7. The third-order valence-electron chi connectivity index (χ3n) is 8.10. The van der Waals surface area contributed by atoms with Crippen LogP contribution in [0.5, 0.6) is 0 Å². The van der Waals surface area contributed by atoms with Crippen LogP contribution in [0.25, 0.3) is 0 Å². The van der Waals surface area contributed by atoms with E-state index < -0.39 is 18.3 Å². The number of hydrogen-bond donors (Lipinski definition) is 0. The Morgan fingerprint density at radius 1 is 0.426 bits per heavy atom. The van der Waals surface area contributed by atoms with Gasteiger partial charge in [0.15, 0.2) is 0 Å². The van der Waals surface area contributed by atoms with Gasteiger partial charge < -0.3 is 23.7 Å². The minimum absolute atomic E-state index is 0.318. The first kappa shape index (κ1) is 33.2. The molecule has 47 heavy (non-hydrogen) atoms. The first-order valence-corrected chi connectivity index (χ1v) is 17.3. The van der Waals surface area contributed by atoms with Crippen LogP contribution in [0, 0.1) is 0 Å². The topological polar surface area (TPSA) is 46.2 Å². The summed E-state index contributed by atoms with van der Waals surface area (Å²) in [4.78, 5) is 0. The monoisotopic (exact) mass is 646 g/mol. The summed E-state index contributed by atoms with van der Waals surface area (Å²) in [6.07, 6.45) is -1.65. The zero-order valence-corrected chi connectivity index (χ0v) is 27.3. The summed E-state index contributed by atoms with van der Waals surface area (Å²) in [5, 5.41) is 0. The molecule has 0 radical (unpaired) electrons. The lowest BCUT2D eigenvalue weighted by atomic mass is 9.98. The molecule has 5 atom stereocenters. The summed E-state index contributed by atoms with van der Waals surface area (Å²) in [5.74, 6) is 0.773. The van der Waals surface area contributed by atoms with Gasteiger partial charge in [0, 0.05) is 5.75 Å². The largest absolute Gasteiger partial charge is 0.374 e. The van der Waals surface area contributed by atoms with Gasteiger partial charge in [-0.25, -0.2) is 0 Å². The fraction of sp³-hybridized carbons (Fsp3) is 0.268. The molecule has 1 heterocycles. The summed E-state index contributed by atoms with van der Waals surface area (Å²) < 4.78 is 33.6. The fourth-order valence-electron chi connectivity index (χ4n) is 5.63. The van der Waals surface area contributed by atoms with Gasteiger partial charge in [0.1, 0.15) is 29.9 Å². The number of hydrogen-bond acceptors (Lipinski definition) is 6. The molecule has 6 heteroatoms. The average Bonchev–Trinajstić information content (AvgIpc) is 3.14. The molecule has 0 bridgehead atoms. The Hall–Kier alpha value is -3.75. The van der Waals surface area contributed by atoms with Crippen molar-refractivity contribution < 1.29 is 23.7 Å². The molecule has 6 rings (SSSR count). The highest BCUT2D eigenvalue weighted by Gasteiger charge is 2.48. The van der Waals surface area contributed by atoms with Crippen molar-refractivity contribution in [2.75, 3.05) is 6.61 Å². The summed E-state index contributed by atoms with van der Waals surface area (Å²) in [6, 6.07) is 51.4. The van der Waals surface area contributed by atoms with E-state index in [4.69, 9.17) is 23.7 Å². The van der Waals surface area contributed by atoms with Crippen LogP contribution in [-0.4, -0.2) is 36.5 Å². The van der Waals surface area contributed by atoms with Gasteiger partial charge in [0.2, 0.25) is 0 Å². The highest BCUT2D eigenvalue weighted by atomic mass is 32.2. The van der Waals surface area contributed by atoms with Crippen molar-refractivity contribution in [2.45, 2.75) is 62.0 Å². The molecule has 0 aromatic heterocycles. The molecule has 0 saturated carbocycles. The minimum Gasteiger partial charge on any atom is -0.374 e. The third kappa shape index (κ3) is 10.1. The predicted octanol–water partition coefficient (Wildman–Crippen LogP) is 8.62. The molecular weight excluding hydrogens is 605 g/mol. The number of benzene rings is 5. The second-order valence-electron chi connectivity index (χ2n) is 11.6. The van der Waals surface area contributed by atoms with E-state index >= 15 is 0 Å². The molecule has 0 N–H and O–H groups in total. The van der Waals surface area contributed by atoms with E-state index in [9.17, 15) is 0 Å². The first-order chi connectivity index (χ1) is 23.3. The fourth-order valence-corrected chi connectivity index (χ4v) is 6.83. The van der Waals surface area contributed by atoms with Crippen molar-refractivity contribution in [1.29, 1.82) is 0 Å². The smallest absolute Gasteiger partial charge is 0.133 e. The molecule has 5 aromatic carbocycles. The van der Waals surface area contributed by atoms with Crippen LogP contribution >= 0.6 is 11.8 Å². The van der Waals surface area contributed by atoms with Crippen molar-refractivity contribution >= 4 is 11.8 Å². The Morgan fingerprint density at radius 3 is 1.28 bits per heavy atom. The number of ether oxygens (including phenoxy) is 5. The standard InChI is InChI=1S/C41H42O5S/c1-6-16-32(17-7-1)26-42-30-37-38(43-27-33-18-8-2-9-19-33)39(44-28-34-20-10-3-11-21-34)40(45-29-35-22-12-4-13-23-35)41(46-37)47-31-36-24-14-5-15-25-36/h1-25,37-41H,26-31H2/t37-,38-,39+,40-,41?/m1/s1. The van der Waals surface area contributed by atoms with Crippen molar-refractivity contribution in [1.82, 2.24) is 0 Å². The molecule has 242 valence electrons. The Morgan fingerprint density at radius 2 is 0.809 bits per heavy atom. The third-order valence-corrected chi connectivity index (χ3v) is 9.31. The normalized spacial score (nSPS) is 21.0. The molecule has 0 spiro atoms. The number of thioether (sulfide) groups is 1. The minimum atomic E-state index is -0.441. The summed E-state index contributed by atoms with van der Waals surface area (Å²) in [6.45, 7) is 2.12. The Bertz CT molecular complexity index is 1560. The molecular formula is C41H42O5S. The van der Waals surface area contributed by atoms with Crippen LogP contribution in [0.1, 0.15) is 27.8 Å². The summed E-state index contributed by atoms with van der Waals surface area (Å²) in [7, 11) is 0. The SMILES string of the molecule is c1ccc(COC[C@H]2OC(SCc3ccccc3)[C@H](OCc3ccccc3)[C@@H](OCc3ccccc3)[C@@H]2OCc2ccccc2)cc1. The van der Waals surface area contributed by atoms with E-state index in [1.807, 2.05) is 78.9 Å². The van der Waals surface area contributed by atoms with E-state index in [0.717, 1.165) is 28.0 Å². The molecule has 5 aromatic rings. The second kappa shape index (κ2) is 18.0. The zero-order chi connectivity index (χ0) is 31.9. The average molecular weight is 647 g/mol. The van der Waals surface area contributed by atoms with Crippen LogP contribution in [0.3, 0.4) is 0 Å². The Labute approximate surface area is 282 Å². The maximum Gasteiger partial charge on any atom is 0.133 e. The van der Waals surface area contributed by atoms with Crippen LogP contribution in [0.2, 0.25) is 0 Å². The second-order valence-corrected chi connectivity index (χ2v) is 12.7. The molecule has 0 amide bonds. The molecule has 1 unspecified atom stereocenters. The van der Waals surface area contributed by atoms with Gasteiger partial charge in [-0.15, -0.1) is 11.8 Å². The van der Waals surface area contributed by atoms with E-state index in [-0.39, 0.29) is 11.5 Å². The maximum absolute atomic E-state index is 6.94. The first-order valence-electron chi connectivity index (χ1n) is 16.2. The zero-order valence-electron chi connectivity index (χ0n) is 26.5. The van der Waals surface area contributed by atoms with Gasteiger partial charge in [-0.05, 0) is 27.8 Å². The van der Waals surface area contributed by atoms with Crippen LogP contribution in [-0.2, 0) is 55.9 Å². The predicted molar refractivity (Wildman–Crippen MR) is 188 cm³/mol. The molecule has 0 aliphatic carbocycles. The van der Waals surface area contributed by atoms with E-state index in [0.29, 0.717) is 33.0 Å². The molecule has 1 saturated heterocycles. The lowest BCUT2D eigenvalue weighted by molar-refractivity contribution is -0.254. The van der Waals surface area contributed by atoms with Gasteiger partial charge in [-0.1, -0.05) is 152 Å². The van der Waals surface area contributed by atoms with Crippen molar-refractivity contribution in [3.63, 3.8) is 0 Å². The van der Waals surface area contributed by atoms with Gasteiger partial charge >= 0.3 is 0 Å². The highest BCUT2D eigenvalue weighted by Crippen LogP contribution is 2.36. The molecule has 1 fully saturated rings. The number of rotatable bonds is 16. The molecule has 1 aliphatic rings. The van der Waals surface area contributed by atoms with E-state index in [2.05, 4.69) is 72.8 Å². The van der Waals surface area contributed by atoms with Crippen molar-refractivity contribution in [3.05, 3.63) is 179 Å². The summed E-state index contributed by atoms with van der Waals surface area (Å²) in [5.41, 5.74) is 5.29. The lowest BCUT2D eigenvalue weighted by Crippen LogP contribution is -2.60. The summed E-state index contributed by atoms with van der Waals surface area (Å²) >= 11 is 1.73. The van der Waals surface area contributed by atoms with E-state index in [1.54, 1.807) is 11.8 Å². The Balaban J connectivity index is 1.29. The quantitative estimate of drug-likeness (QED) is 0.107. The van der Waals surface area contributed by atoms with Crippen molar-refractivity contribution in [2.24, 2.45) is 0 Å². The highest BCUT2D eigenvalue weighted by molar-refractivity contribution is 7.99. The van der Waals surface area contributed by atoms with E-state index in [1.165, 1.54) is 5.56 Å². The van der Waals surface area contributed by atoms with Crippen LogP contribution in [0.4, 0.5) is 0 Å². The molecule has 1 aliphatic heterocycles. The van der Waals surface area contributed by atoms with Crippen LogP contribution in [0.15, 0.2) is 152 Å². The van der Waals surface area contributed by atoms with Crippen LogP contribution < -0.4 is 0 Å². The van der Waals surface area contributed by atoms with Gasteiger partial charge in [0.25, 0.3) is 0 Å². The maximum atomic E-state index is 6.94. The van der Waals surface area contributed by atoms with Crippen molar-refractivity contribution in [3.8, 4) is 0 Å². The molecule has 5 nitrogen and oxygen atoms in total. The van der Waals surface area contributed by atoms with Gasteiger partial charge in [0.05, 0.1) is 33.0 Å². The van der Waals surface area contributed by atoms with Gasteiger partial charge in [-0.3, -0.25) is 0 Å².